The lowest BCUT2D eigenvalue weighted by atomic mass is 9.65. The predicted octanol–water partition coefficient (Wildman–Crippen LogP) is 13.0. The van der Waals surface area contributed by atoms with Crippen molar-refractivity contribution in [1.82, 2.24) is 9.55 Å². The number of hydrogen-bond donors (Lipinski definition) is 0. The number of hydrogen-bond acceptors (Lipinski definition) is 2. The number of furan rings is 1. The Morgan fingerprint density at radius 1 is 0.722 bits per heavy atom. The molecule has 0 saturated carbocycles. The van der Waals surface area contributed by atoms with Crippen LogP contribution >= 0.6 is 0 Å². The molecule has 2 aliphatic carbocycles. The normalized spacial score (nSPS) is 18.1. The van der Waals surface area contributed by atoms with Crippen LogP contribution in [0.5, 0.6) is 0 Å². The van der Waals surface area contributed by atoms with E-state index in [-0.39, 0.29) is 11.8 Å². The van der Waals surface area contributed by atoms with Crippen molar-refractivity contribution in [2.75, 3.05) is 0 Å². The van der Waals surface area contributed by atoms with Crippen molar-refractivity contribution in [3.05, 3.63) is 211 Å². The lowest BCUT2D eigenvalue weighted by molar-refractivity contribution is 0.475. The maximum absolute atomic E-state index is 6.71. The van der Waals surface area contributed by atoms with E-state index in [1.54, 1.807) is 6.08 Å². The van der Waals surface area contributed by atoms with Crippen molar-refractivity contribution in [3.63, 3.8) is 0 Å². The number of benzene rings is 6. The Bertz CT molecular complexity index is 2880. The second-order valence-electron chi connectivity index (χ2n) is 14.5. The van der Waals surface area contributed by atoms with E-state index in [4.69, 9.17) is 16.0 Å². The summed E-state index contributed by atoms with van der Waals surface area (Å²) in [7, 11) is 0. The molecule has 54 heavy (non-hydrogen) atoms. The first-order valence-electron chi connectivity index (χ1n) is 18.5. The Labute approximate surface area is 315 Å². The molecule has 0 radical (unpaired) electrons. The zero-order valence-corrected chi connectivity index (χ0v) is 30.2. The molecule has 0 N–H and O–H groups in total. The fourth-order valence-corrected chi connectivity index (χ4v) is 9.80. The van der Waals surface area contributed by atoms with Gasteiger partial charge < -0.3 is 4.42 Å². The monoisotopic (exact) mass is 694 g/mol. The quantitative estimate of drug-likeness (QED) is 0.156. The molecule has 3 atom stereocenters. The number of nitrogens with zero attached hydrogens (tertiary/aromatic N) is 2. The van der Waals surface area contributed by atoms with Crippen molar-refractivity contribution in [3.8, 4) is 28.2 Å². The smallest absolute Gasteiger partial charge is 0.145 e. The predicted molar refractivity (Wildman–Crippen MR) is 225 cm³/mol. The Kier molecular flexibility index (Phi) is 7.05. The molecule has 0 fully saturated rings. The van der Waals surface area contributed by atoms with Crippen LogP contribution in [0.25, 0.3) is 67.9 Å². The maximum atomic E-state index is 6.71. The molecule has 3 unspecified atom stereocenters. The number of aromatic nitrogens is 2. The third-order valence-electron chi connectivity index (χ3n) is 12.0. The topological polar surface area (TPSA) is 31.0 Å². The van der Waals surface area contributed by atoms with Crippen LogP contribution in [0, 0.1) is 12.8 Å². The van der Waals surface area contributed by atoms with Gasteiger partial charge in [0.1, 0.15) is 17.0 Å². The molecule has 2 aliphatic rings. The van der Waals surface area contributed by atoms with Crippen LogP contribution in [0.3, 0.4) is 0 Å². The van der Waals surface area contributed by atoms with E-state index in [0.717, 1.165) is 67.1 Å². The van der Waals surface area contributed by atoms with Crippen LogP contribution in [0.2, 0.25) is 0 Å². The minimum atomic E-state index is -0.470. The first-order chi connectivity index (χ1) is 26.5. The fraction of sp³-hybridized carbons (Fsp3) is 0.0784. The molecule has 0 aliphatic heterocycles. The average molecular weight is 695 g/mol. The highest BCUT2D eigenvalue weighted by atomic mass is 16.3. The van der Waals surface area contributed by atoms with Crippen LogP contribution < -0.4 is 0 Å². The molecule has 0 saturated heterocycles. The third-order valence-corrected chi connectivity index (χ3v) is 12.0. The molecule has 1 spiro atoms. The summed E-state index contributed by atoms with van der Waals surface area (Å²) < 4.78 is 8.88. The van der Waals surface area contributed by atoms with E-state index in [1.165, 1.54) is 33.4 Å². The van der Waals surface area contributed by atoms with E-state index in [2.05, 4.69) is 146 Å². The van der Waals surface area contributed by atoms with Crippen molar-refractivity contribution < 1.29 is 4.42 Å². The Hall–Kier alpha value is -6.71. The number of aryl methyl sites for hydroxylation is 1. The molecule has 258 valence electrons. The molecular weight excluding hydrogens is 657 g/mol. The summed E-state index contributed by atoms with van der Waals surface area (Å²) in [5.74, 6) is 0.833. The van der Waals surface area contributed by atoms with Gasteiger partial charge in [-0.1, -0.05) is 141 Å². The number of allylic oxidation sites excluding steroid dienone is 2. The van der Waals surface area contributed by atoms with Crippen LogP contribution in [0.4, 0.5) is 0 Å². The fourth-order valence-electron chi connectivity index (χ4n) is 9.80. The number of fused-ring (bicyclic) bond motifs is 11. The molecule has 10 rings (SSSR count). The summed E-state index contributed by atoms with van der Waals surface area (Å²) >= 11 is 0. The highest BCUT2D eigenvalue weighted by Gasteiger charge is 2.58. The van der Waals surface area contributed by atoms with Crippen LogP contribution in [-0.4, -0.2) is 9.55 Å². The minimum absolute atomic E-state index is 0.00566. The first-order valence-corrected chi connectivity index (χ1v) is 18.5. The molecule has 2 aromatic heterocycles. The van der Waals surface area contributed by atoms with Gasteiger partial charge in [0.15, 0.2) is 0 Å². The molecular formula is C51H38N2O. The molecule has 2 heterocycles. The molecule has 0 amide bonds. The molecule has 3 nitrogen and oxygen atoms in total. The van der Waals surface area contributed by atoms with Gasteiger partial charge in [-0.25, -0.2) is 4.98 Å². The van der Waals surface area contributed by atoms with Gasteiger partial charge in [-0.15, -0.1) is 6.58 Å². The lowest BCUT2D eigenvalue weighted by Crippen LogP contribution is -2.32. The zero-order chi connectivity index (χ0) is 36.7. The number of imidazole rings is 1. The van der Waals surface area contributed by atoms with E-state index in [9.17, 15) is 0 Å². The van der Waals surface area contributed by atoms with E-state index in [0.29, 0.717) is 0 Å². The number of rotatable bonds is 7. The zero-order valence-electron chi connectivity index (χ0n) is 30.2. The first kappa shape index (κ1) is 32.0. The number of para-hydroxylation sites is 2. The van der Waals surface area contributed by atoms with Gasteiger partial charge in [0.2, 0.25) is 0 Å². The van der Waals surface area contributed by atoms with Crippen LogP contribution in [-0.2, 0) is 5.41 Å². The Morgan fingerprint density at radius 2 is 1.46 bits per heavy atom. The maximum Gasteiger partial charge on any atom is 0.145 e. The summed E-state index contributed by atoms with van der Waals surface area (Å²) in [4.78, 5) is 5.07. The largest absolute Gasteiger partial charge is 0.455 e. The van der Waals surface area contributed by atoms with Gasteiger partial charge in [0, 0.05) is 39.4 Å². The molecule has 8 aromatic rings. The summed E-state index contributed by atoms with van der Waals surface area (Å²) in [5, 5.41) is 2.28. The second-order valence-corrected chi connectivity index (χ2v) is 14.5. The summed E-state index contributed by atoms with van der Waals surface area (Å²) in [5.41, 5.74) is 16.0. The van der Waals surface area contributed by atoms with E-state index in [1.807, 2.05) is 30.3 Å². The van der Waals surface area contributed by atoms with Crippen LogP contribution in [0.15, 0.2) is 170 Å². The summed E-state index contributed by atoms with van der Waals surface area (Å²) in [6.07, 6.45) is 5.83. The highest BCUT2D eigenvalue weighted by molar-refractivity contribution is 6.12. The van der Waals surface area contributed by atoms with Crippen molar-refractivity contribution in [2.45, 2.75) is 18.3 Å². The molecule has 0 bridgehead atoms. The van der Waals surface area contributed by atoms with Gasteiger partial charge in [-0.05, 0) is 81.8 Å². The van der Waals surface area contributed by atoms with Gasteiger partial charge in [-0.3, -0.25) is 4.57 Å². The van der Waals surface area contributed by atoms with Gasteiger partial charge >= 0.3 is 0 Å². The van der Waals surface area contributed by atoms with Gasteiger partial charge in [0.05, 0.1) is 16.8 Å². The van der Waals surface area contributed by atoms with Crippen molar-refractivity contribution >= 4 is 39.7 Å². The minimum Gasteiger partial charge on any atom is -0.455 e. The van der Waals surface area contributed by atoms with Crippen molar-refractivity contribution in [2.24, 2.45) is 5.92 Å². The summed E-state index contributed by atoms with van der Waals surface area (Å²) in [6.45, 7) is 19.8. The van der Waals surface area contributed by atoms with E-state index >= 15 is 0 Å². The lowest BCUT2D eigenvalue weighted by Gasteiger charge is -2.36. The highest BCUT2D eigenvalue weighted by Crippen LogP contribution is 2.67. The standard InChI is InChI=1S/C51H38N2O/c1-6-40-47(32(5)33-26-27-35(31(4)30-33)50-52-44(7-2)45(8-3)53(50)34-18-10-9-11-19-34)38-21-12-15-23-41(38)51(40)42-24-16-13-22-39(42)48-43(51)29-28-37-36-20-14-17-25-46(36)54-49(37)48/h6-30,40,47H,1-3,5H2,4H3. The van der Waals surface area contributed by atoms with Gasteiger partial charge in [0.25, 0.3) is 0 Å². The second kappa shape index (κ2) is 11.9. The Balaban J connectivity index is 1.14. The SMILES string of the molecule is C=Cc1nc(-c2ccc(C(=C)C3c4ccccc4C4(c5ccccc5-c5c4ccc4c5oc5ccccc54)C3C=C)cc2C)n(-c2ccccc2)c1C=C. The van der Waals surface area contributed by atoms with Crippen molar-refractivity contribution in [1.29, 1.82) is 0 Å². The molecule has 3 heteroatoms. The Morgan fingerprint density at radius 3 is 2.24 bits per heavy atom. The third kappa shape index (κ3) is 4.15. The average Bonchev–Trinajstić information content (AvgIpc) is 3.95. The molecule has 6 aromatic carbocycles. The van der Waals surface area contributed by atoms with E-state index < -0.39 is 5.41 Å². The summed E-state index contributed by atoms with van der Waals surface area (Å²) in [6, 6.07) is 47.8. The van der Waals surface area contributed by atoms with Gasteiger partial charge in [-0.2, -0.15) is 0 Å². The van der Waals surface area contributed by atoms with Crippen LogP contribution in [0.1, 0.15) is 50.7 Å².